The molecule has 5 rings (SSSR count). The predicted octanol–water partition coefficient (Wildman–Crippen LogP) is 2.96. The summed E-state index contributed by atoms with van der Waals surface area (Å²) in [6, 6.07) is 18.4. The SMILES string of the molecule is Cn1c(=O)n(C(Cc2ccc3c(c2)OCO3)c2ccccc2)c(=O)c2cc(C(=O)O)ccc21. The number of carboxylic acid groups (broad SMARTS) is 1. The lowest BCUT2D eigenvalue weighted by Gasteiger charge is -2.22. The number of hydrogen-bond donors (Lipinski definition) is 1. The van der Waals surface area contributed by atoms with Crippen LogP contribution in [0.4, 0.5) is 0 Å². The van der Waals surface area contributed by atoms with Crippen molar-refractivity contribution in [3.8, 4) is 11.5 Å². The van der Waals surface area contributed by atoms with Crippen molar-refractivity contribution in [1.29, 1.82) is 0 Å². The zero-order valence-corrected chi connectivity index (χ0v) is 17.7. The Kier molecular flexibility index (Phi) is 4.97. The molecule has 1 unspecified atom stereocenters. The Morgan fingerprint density at radius 2 is 1.76 bits per heavy atom. The minimum atomic E-state index is -1.14. The molecule has 0 radical (unpaired) electrons. The summed E-state index contributed by atoms with van der Waals surface area (Å²) >= 11 is 0. The lowest BCUT2D eigenvalue weighted by molar-refractivity contribution is 0.0697. The maximum absolute atomic E-state index is 13.6. The average Bonchev–Trinajstić information content (AvgIpc) is 3.30. The number of ether oxygens (including phenoxy) is 2. The molecule has 1 aliphatic rings. The second-order valence-corrected chi connectivity index (χ2v) is 7.87. The van der Waals surface area contributed by atoms with Crippen LogP contribution in [-0.4, -0.2) is 27.0 Å². The molecule has 0 saturated heterocycles. The summed E-state index contributed by atoms with van der Waals surface area (Å²) in [7, 11) is 1.57. The zero-order valence-electron chi connectivity index (χ0n) is 17.7. The maximum atomic E-state index is 13.6. The third-order valence-corrected chi connectivity index (χ3v) is 5.91. The van der Waals surface area contributed by atoms with Gasteiger partial charge in [0.2, 0.25) is 6.79 Å². The van der Waals surface area contributed by atoms with E-state index < -0.39 is 23.3 Å². The zero-order chi connectivity index (χ0) is 23.1. The Morgan fingerprint density at radius 1 is 1.00 bits per heavy atom. The largest absolute Gasteiger partial charge is 0.478 e. The second-order valence-electron chi connectivity index (χ2n) is 7.87. The van der Waals surface area contributed by atoms with Crippen molar-refractivity contribution in [3.05, 3.63) is 104 Å². The smallest absolute Gasteiger partial charge is 0.335 e. The van der Waals surface area contributed by atoms with Crippen LogP contribution in [0.5, 0.6) is 11.5 Å². The van der Waals surface area contributed by atoms with E-state index in [0.29, 0.717) is 23.4 Å². The summed E-state index contributed by atoms with van der Waals surface area (Å²) in [5.74, 6) is 0.121. The van der Waals surface area contributed by atoms with Gasteiger partial charge in [0.25, 0.3) is 5.56 Å². The molecule has 8 heteroatoms. The third-order valence-electron chi connectivity index (χ3n) is 5.91. The Morgan fingerprint density at radius 3 is 2.52 bits per heavy atom. The molecular weight excluding hydrogens is 424 g/mol. The molecule has 1 N–H and O–H groups in total. The van der Waals surface area contributed by atoms with Gasteiger partial charge in [0, 0.05) is 7.05 Å². The fourth-order valence-electron chi connectivity index (χ4n) is 4.21. The summed E-state index contributed by atoms with van der Waals surface area (Å²) in [5, 5.41) is 9.56. The van der Waals surface area contributed by atoms with Gasteiger partial charge in [-0.2, -0.15) is 0 Å². The monoisotopic (exact) mass is 444 g/mol. The van der Waals surface area contributed by atoms with Gasteiger partial charge in [0.1, 0.15) is 0 Å². The van der Waals surface area contributed by atoms with Crippen molar-refractivity contribution in [1.82, 2.24) is 9.13 Å². The fraction of sp³-hybridized carbons (Fsp3) is 0.160. The van der Waals surface area contributed by atoms with Crippen molar-refractivity contribution in [3.63, 3.8) is 0 Å². The Balaban J connectivity index is 1.72. The molecule has 0 bridgehead atoms. The van der Waals surface area contributed by atoms with Crippen molar-refractivity contribution in [2.75, 3.05) is 6.79 Å². The van der Waals surface area contributed by atoms with Gasteiger partial charge >= 0.3 is 11.7 Å². The highest BCUT2D eigenvalue weighted by molar-refractivity contribution is 5.93. The lowest BCUT2D eigenvalue weighted by Crippen LogP contribution is -2.42. The van der Waals surface area contributed by atoms with Crippen LogP contribution in [-0.2, 0) is 13.5 Å². The molecule has 8 nitrogen and oxygen atoms in total. The van der Waals surface area contributed by atoms with Crippen molar-refractivity contribution in [2.45, 2.75) is 12.5 Å². The number of aromatic carboxylic acids is 1. The van der Waals surface area contributed by atoms with Crippen LogP contribution in [0.25, 0.3) is 10.9 Å². The van der Waals surface area contributed by atoms with E-state index >= 15 is 0 Å². The van der Waals surface area contributed by atoms with Crippen LogP contribution in [0.2, 0.25) is 0 Å². The quantitative estimate of drug-likeness (QED) is 0.508. The van der Waals surface area contributed by atoms with Crippen LogP contribution >= 0.6 is 0 Å². The Labute approximate surface area is 187 Å². The van der Waals surface area contributed by atoms with E-state index in [1.807, 2.05) is 42.5 Å². The predicted molar refractivity (Wildman–Crippen MR) is 121 cm³/mol. The van der Waals surface area contributed by atoms with Gasteiger partial charge in [-0.05, 0) is 47.9 Å². The number of rotatable bonds is 5. The van der Waals surface area contributed by atoms with Crippen LogP contribution < -0.4 is 20.7 Å². The van der Waals surface area contributed by atoms with Crippen molar-refractivity contribution < 1.29 is 19.4 Å². The summed E-state index contributed by atoms with van der Waals surface area (Å²) in [6.07, 6.45) is 0.347. The number of aromatic nitrogens is 2. The van der Waals surface area contributed by atoms with E-state index in [9.17, 15) is 19.5 Å². The highest BCUT2D eigenvalue weighted by Gasteiger charge is 2.23. The van der Waals surface area contributed by atoms with Crippen LogP contribution in [0.1, 0.15) is 27.5 Å². The van der Waals surface area contributed by atoms with E-state index in [-0.39, 0.29) is 17.7 Å². The number of carboxylic acids is 1. The normalized spacial score (nSPS) is 13.2. The first-order chi connectivity index (χ1) is 15.9. The molecule has 2 heterocycles. The molecule has 33 heavy (non-hydrogen) atoms. The van der Waals surface area contributed by atoms with Gasteiger partial charge in [0.15, 0.2) is 11.5 Å². The molecule has 1 aromatic heterocycles. The first kappa shape index (κ1) is 20.6. The van der Waals surface area contributed by atoms with Crippen molar-refractivity contribution >= 4 is 16.9 Å². The standard InChI is InChI=1S/C25H20N2O6/c1-26-19-9-8-17(24(29)30)13-18(19)23(28)27(25(26)31)20(16-5-3-2-4-6-16)11-15-7-10-21-22(12-15)33-14-32-21/h2-10,12-13,20H,11,14H2,1H3,(H,29,30). The number of carbonyl (C=O) groups is 1. The van der Waals surface area contributed by atoms with Crippen molar-refractivity contribution in [2.24, 2.45) is 7.05 Å². The van der Waals surface area contributed by atoms with Crippen LogP contribution in [0, 0.1) is 0 Å². The van der Waals surface area contributed by atoms with E-state index in [1.54, 1.807) is 13.1 Å². The average molecular weight is 444 g/mol. The molecule has 1 aliphatic heterocycles. The molecule has 3 aromatic carbocycles. The summed E-state index contributed by atoms with van der Waals surface area (Å²) in [4.78, 5) is 38.4. The number of benzene rings is 3. The molecule has 1 atom stereocenters. The Bertz CT molecular complexity index is 1500. The molecular formula is C25H20N2O6. The summed E-state index contributed by atoms with van der Waals surface area (Å²) in [5.41, 5.74) is 0.985. The van der Waals surface area contributed by atoms with E-state index in [0.717, 1.165) is 11.1 Å². The highest BCUT2D eigenvalue weighted by atomic mass is 16.7. The molecule has 0 aliphatic carbocycles. The topological polar surface area (TPSA) is 99.8 Å². The number of fused-ring (bicyclic) bond motifs is 2. The number of aryl methyl sites for hydroxylation is 1. The van der Waals surface area contributed by atoms with Gasteiger partial charge in [-0.15, -0.1) is 0 Å². The number of nitrogens with zero attached hydrogens (tertiary/aromatic N) is 2. The minimum Gasteiger partial charge on any atom is -0.478 e. The van der Waals surface area contributed by atoms with E-state index in [2.05, 4.69) is 0 Å². The highest BCUT2D eigenvalue weighted by Crippen LogP contribution is 2.34. The van der Waals surface area contributed by atoms with Gasteiger partial charge in [-0.3, -0.25) is 13.9 Å². The number of hydrogen-bond acceptors (Lipinski definition) is 5. The summed E-state index contributed by atoms with van der Waals surface area (Å²) in [6.45, 7) is 0.150. The minimum absolute atomic E-state index is 0.0168. The van der Waals surface area contributed by atoms with Gasteiger partial charge in [-0.25, -0.2) is 9.59 Å². The first-order valence-corrected chi connectivity index (χ1v) is 10.4. The third kappa shape index (κ3) is 3.55. The molecule has 0 spiro atoms. The first-order valence-electron chi connectivity index (χ1n) is 10.4. The van der Waals surface area contributed by atoms with Crippen LogP contribution in [0.3, 0.4) is 0 Å². The second kappa shape index (κ2) is 7.98. The van der Waals surface area contributed by atoms with E-state index in [1.165, 1.54) is 27.3 Å². The van der Waals surface area contributed by atoms with Gasteiger partial charge in [-0.1, -0.05) is 36.4 Å². The molecule has 0 saturated carbocycles. The van der Waals surface area contributed by atoms with E-state index in [4.69, 9.17) is 9.47 Å². The molecule has 0 fully saturated rings. The molecule has 4 aromatic rings. The fourth-order valence-corrected chi connectivity index (χ4v) is 4.21. The lowest BCUT2D eigenvalue weighted by atomic mass is 9.98. The Hall–Kier alpha value is -4.33. The van der Waals surface area contributed by atoms with Gasteiger partial charge in [0.05, 0.1) is 22.5 Å². The molecule has 0 amide bonds. The van der Waals surface area contributed by atoms with Gasteiger partial charge < -0.3 is 14.6 Å². The maximum Gasteiger partial charge on any atom is 0.335 e. The van der Waals surface area contributed by atoms with Crippen LogP contribution in [0.15, 0.2) is 76.3 Å². The summed E-state index contributed by atoms with van der Waals surface area (Å²) < 4.78 is 13.4. The molecule has 166 valence electrons.